The summed E-state index contributed by atoms with van der Waals surface area (Å²) in [5.74, 6) is 0. The number of ether oxygens (including phenoxy) is 1. The van der Waals surface area contributed by atoms with Crippen molar-refractivity contribution in [2.75, 3.05) is 31.2 Å². The molecule has 0 atom stereocenters. The molecule has 1 aromatic carbocycles. The van der Waals surface area contributed by atoms with E-state index in [4.69, 9.17) is 4.74 Å². The van der Waals surface area contributed by atoms with E-state index < -0.39 is 0 Å². The normalized spacial score (nSPS) is 16.9. The molecule has 3 nitrogen and oxygen atoms in total. The summed E-state index contributed by atoms with van der Waals surface area (Å²) in [6.45, 7) is 9.13. The van der Waals surface area contributed by atoms with Gasteiger partial charge in [0, 0.05) is 38.0 Å². The largest absolute Gasteiger partial charge is 0.380 e. The zero-order chi connectivity index (χ0) is 12.8. The number of rotatable bonds is 4. The van der Waals surface area contributed by atoms with Crippen LogP contribution in [0.5, 0.6) is 0 Å². The van der Waals surface area contributed by atoms with E-state index in [9.17, 15) is 0 Å². The first-order chi connectivity index (χ1) is 8.77. The summed E-state index contributed by atoms with van der Waals surface area (Å²) in [5.41, 5.74) is 2.74. The van der Waals surface area contributed by atoms with Gasteiger partial charge in [0.05, 0.1) is 6.61 Å². The molecule has 0 aromatic heterocycles. The van der Waals surface area contributed by atoms with E-state index in [1.165, 1.54) is 11.3 Å². The molecule has 3 heteroatoms. The predicted octanol–water partition coefficient (Wildman–Crippen LogP) is 2.41. The number of hydrogen-bond donors (Lipinski definition) is 1. The maximum Gasteiger partial charge on any atom is 0.0641 e. The van der Waals surface area contributed by atoms with Crippen molar-refractivity contribution in [2.45, 2.75) is 32.9 Å². The molecule has 1 aromatic rings. The maximum absolute atomic E-state index is 5.53. The molecule has 0 aliphatic carbocycles. The van der Waals surface area contributed by atoms with Crippen molar-refractivity contribution in [3.05, 3.63) is 29.8 Å². The van der Waals surface area contributed by atoms with E-state index in [0.29, 0.717) is 6.04 Å². The molecule has 100 valence electrons. The number of nitrogens with zero attached hydrogens (tertiary/aromatic N) is 1. The molecular weight excluding hydrogens is 224 g/mol. The van der Waals surface area contributed by atoms with E-state index >= 15 is 0 Å². The first-order valence-electron chi connectivity index (χ1n) is 6.91. The molecule has 1 heterocycles. The zero-order valence-electron chi connectivity index (χ0n) is 11.5. The maximum atomic E-state index is 5.53. The summed E-state index contributed by atoms with van der Waals surface area (Å²) in [4.78, 5) is 2.45. The van der Waals surface area contributed by atoms with Crippen LogP contribution in [-0.4, -0.2) is 32.3 Å². The fraction of sp³-hybridized carbons (Fsp3) is 0.600. The van der Waals surface area contributed by atoms with Crippen LogP contribution >= 0.6 is 0 Å². The monoisotopic (exact) mass is 248 g/mol. The van der Waals surface area contributed by atoms with Crippen LogP contribution < -0.4 is 10.2 Å². The first kappa shape index (κ1) is 13.4. The third-order valence-corrected chi connectivity index (χ3v) is 3.26. The van der Waals surface area contributed by atoms with Crippen molar-refractivity contribution >= 4 is 5.69 Å². The van der Waals surface area contributed by atoms with Crippen LogP contribution in [-0.2, 0) is 11.3 Å². The lowest BCUT2D eigenvalue weighted by Crippen LogP contribution is -2.29. The average molecular weight is 248 g/mol. The fourth-order valence-electron chi connectivity index (χ4n) is 2.27. The van der Waals surface area contributed by atoms with Crippen LogP contribution in [0.15, 0.2) is 24.3 Å². The Morgan fingerprint density at radius 3 is 2.89 bits per heavy atom. The zero-order valence-corrected chi connectivity index (χ0v) is 11.5. The van der Waals surface area contributed by atoms with Crippen LogP contribution in [0, 0.1) is 0 Å². The number of para-hydroxylation sites is 1. The third-order valence-electron chi connectivity index (χ3n) is 3.26. The topological polar surface area (TPSA) is 24.5 Å². The molecule has 0 unspecified atom stereocenters. The Hall–Kier alpha value is -1.06. The Balaban J connectivity index is 2.09. The van der Waals surface area contributed by atoms with Gasteiger partial charge in [-0.25, -0.2) is 0 Å². The lowest BCUT2D eigenvalue weighted by Gasteiger charge is -2.25. The second-order valence-corrected chi connectivity index (χ2v) is 5.12. The number of benzene rings is 1. The molecule has 1 N–H and O–H groups in total. The van der Waals surface area contributed by atoms with Crippen LogP contribution in [0.2, 0.25) is 0 Å². The highest BCUT2D eigenvalue weighted by atomic mass is 16.5. The highest BCUT2D eigenvalue weighted by Crippen LogP contribution is 2.21. The highest BCUT2D eigenvalue weighted by Gasteiger charge is 2.13. The lowest BCUT2D eigenvalue weighted by atomic mass is 10.1. The third kappa shape index (κ3) is 3.72. The van der Waals surface area contributed by atoms with E-state index in [1.54, 1.807) is 0 Å². The van der Waals surface area contributed by atoms with Gasteiger partial charge in [0.25, 0.3) is 0 Å². The summed E-state index contributed by atoms with van der Waals surface area (Å²) < 4.78 is 5.53. The lowest BCUT2D eigenvalue weighted by molar-refractivity contribution is 0.152. The smallest absolute Gasteiger partial charge is 0.0641 e. The molecule has 2 rings (SSSR count). The number of nitrogens with one attached hydrogen (secondary N) is 1. The van der Waals surface area contributed by atoms with Gasteiger partial charge in [-0.05, 0) is 18.1 Å². The van der Waals surface area contributed by atoms with Crippen LogP contribution in [0.25, 0.3) is 0 Å². The highest BCUT2D eigenvalue weighted by molar-refractivity contribution is 5.53. The standard InChI is InChI=1S/C15H24N2O/c1-13(2)16-12-14-6-3-4-7-15(14)17-8-5-10-18-11-9-17/h3-4,6-7,13,16H,5,8-12H2,1-2H3. The second kappa shape index (κ2) is 6.76. The molecule has 0 bridgehead atoms. The van der Waals surface area contributed by atoms with Crippen molar-refractivity contribution in [3.63, 3.8) is 0 Å². The van der Waals surface area contributed by atoms with Gasteiger partial charge in [0.15, 0.2) is 0 Å². The minimum Gasteiger partial charge on any atom is -0.380 e. The van der Waals surface area contributed by atoms with E-state index in [1.807, 2.05) is 0 Å². The van der Waals surface area contributed by atoms with Gasteiger partial charge in [-0.3, -0.25) is 0 Å². The Labute approximate surface area is 110 Å². The summed E-state index contributed by atoms with van der Waals surface area (Å²) >= 11 is 0. The summed E-state index contributed by atoms with van der Waals surface area (Å²) in [5, 5.41) is 3.50. The van der Waals surface area contributed by atoms with Gasteiger partial charge in [0.2, 0.25) is 0 Å². The van der Waals surface area contributed by atoms with Crippen LogP contribution in [0.4, 0.5) is 5.69 Å². The van der Waals surface area contributed by atoms with Gasteiger partial charge < -0.3 is 15.0 Å². The van der Waals surface area contributed by atoms with Gasteiger partial charge in [0.1, 0.15) is 0 Å². The Kier molecular flexibility index (Phi) is 5.02. The molecule has 18 heavy (non-hydrogen) atoms. The summed E-state index contributed by atoms with van der Waals surface area (Å²) in [6.07, 6.45) is 1.12. The molecular formula is C15H24N2O. The summed E-state index contributed by atoms with van der Waals surface area (Å²) in [7, 11) is 0. The molecule has 1 aliphatic rings. The molecule has 1 saturated heterocycles. The Morgan fingerprint density at radius 1 is 1.22 bits per heavy atom. The Bertz CT molecular complexity index is 357. The number of anilines is 1. The molecule has 0 spiro atoms. The summed E-state index contributed by atoms with van der Waals surface area (Å²) in [6, 6.07) is 9.21. The van der Waals surface area contributed by atoms with Gasteiger partial charge in [-0.1, -0.05) is 32.0 Å². The van der Waals surface area contributed by atoms with E-state index in [0.717, 1.165) is 39.3 Å². The minimum atomic E-state index is 0.519. The van der Waals surface area contributed by atoms with Crippen molar-refractivity contribution in [3.8, 4) is 0 Å². The molecule has 0 saturated carbocycles. The van der Waals surface area contributed by atoms with Crippen molar-refractivity contribution < 1.29 is 4.74 Å². The molecule has 1 fully saturated rings. The first-order valence-corrected chi connectivity index (χ1v) is 6.91. The van der Waals surface area contributed by atoms with Crippen molar-refractivity contribution in [1.29, 1.82) is 0 Å². The quantitative estimate of drug-likeness (QED) is 0.885. The number of hydrogen-bond acceptors (Lipinski definition) is 3. The molecule has 1 aliphatic heterocycles. The van der Waals surface area contributed by atoms with Gasteiger partial charge in [-0.15, -0.1) is 0 Å². The van der Waals surface area contributed by atoms with E-state index in [-0.39, 0.29) is 0 Å². The van der Waals surface area contributed by atoms with E-state index in [2.05, 4.69) is 48.3 Å². The molecule has 0 amide bonds. The fourth-order valence-corrected chi connectivity index (χ4v) is 2.27. The van der Waals surface area contributed by atoms with Crippen molar-refractivity contribution in [2.24, 2.45) is 0 Å². The van der Waals surface area contributed by atoms with Crippen molar-refractivity contribution in [1.82, 2.24) is 5.32 Å². The predicted molar refractivity (Wildman–Crippen MR) is 76.1 cm³/mol. The van der Waals surface area contributed by atoms with Crippen LogP contribution in [0.1, 0.15) is 25.8 Å². The van der Waals surface area contributed by atoms with Gasteiger partial charge >= 0.3 is 0 Å². The SMILES string of the molecule is CC(C)NCc1ccccc1N1CCCOCC1. The van der Waals surface area contributed by atoms with Crippen LogP contribution in [0.3, 0.4) is 0 Å². The second-order valence-electron chi connectivity index (χ2n) is 5.12. The Morgan fingerprint density at radius 2 is 2.06 bits per heavy atom. The molecule has 0 radical (unpaired) electrons. The minimum absolute atomic E-state index is 0.519. The average Bonchev–Trinajstić information content (AvgIpc) is 2.65. The van der Waals surface area contributed by atoms with Gasteiger partial charge in [-0.2, -0.15) is 0 Å².